The third kappa shape index (κ3) is 13.3. The van der Waals surface area contributed by atoms with E-state index in [1.807, 2.05) is 182 Å². The van der Waals surface area contributed by atoms with Crippen molar-refractivity contribution in [1.82, 2.24) is 0 Å². The lowest BCUT2D eigenvalue weighted by molar-refractivity contribution is -0.373. The van der Waals surface area contributed by atoms with E-state index in [1.54, 1.807) is 0 Å². The molecule has 0 radical (unpaired) electrons. The molecule has 340 valence electrons. The quantitative estimate of drug-likeness (QED) is 0.0691. The second-order valence-corrected chi connectivity index (χ2v) is 16.2. The normalized spacial score (nSPS) is 25.6. The Balaban J connectivity index is 1.15. The molecule has 11 heteroatoms. The first kappa shape index (κ1) is 46.4. The molecule has 0 amide bonds. The van der Waals surface area contributed by atoms with Crippen molar-refractivity contribution in [2.24, 2.45) is 0 Å². The smallest absolute Gasteiger partial charge is 0.187 e. The van der Waals surface area contributed by atoms with Gasteiger partial charge in [-0.3, -0.25) is 0 Å². The summed E-state index contributed by atoms with van der Waals surface area (Å²) in [6, 6.07) is 58.8. The van der Waals surface area contributed by atoms with E-state index in [0.29, 0.717) is 0 Å². The van der Waals surface area contributed by atoms with Gasteiger partial charge < -0.3 is 52.8 Å². The van der Waals surface area contributed by atoms with E-state index < -0.39 is 68.0 Å². The number of aliphatic hydroxyl groups is 2. The highest BCUT2D eigenvalue weighted by Gasteiger charge is 2.54. The molecule has 0 bridgehead atoms. The lowest BCUT2D eigenvalue weighted by atomic mass is 9.95. The van der Waals surface area contributed by atoms with Crippen molar-refractivity contribution in [3.63, 3.8) is 0 Å². The van der Waals surface area contributed by atoms with Crippen LogP contribution in [0.4, 0.5) is 0 Å². The van der Waals surface area contributed by atoms with Crippen LogP contribution in [0.5, 0.6) is 0 Å². The minimum Gasteiger partial charge on any atom is -0.394 e. The molecule has 0 aromatic heterocycles. The van der Waals surface area contributed by atoms with Gasteiger partial charge in [-0.05, 0) is 33.4 Å². The fourth-order valence-electron chi connectivity index (χ4n) is 8.12. The summed E-state index contributed by atoms with van der Waals surface area (Å²) in [5, 5.41) is 22.9. The van der Waals surface area contributed by atoms with Crippen molar-refractivity contribution in [3.05, 3.63) is 215 Å². The van der Waals surface area contributed by atoms with Crippen LogP contribution < -0.4 is 0 Å². The monoisotopic (exact) mass is 882 g/mol. The van der Waals surface area contributed by atoms with E-state index in [0.717, 1.165) is 33.4 Å². The largest absolute Gasteiger partial charge is 0.394 e. The summed E-state index contributed by atoms with van der Waals surface area (Å²) >= 11 is 0. The summed E-state index contributed by atoms with van der Waals surface area (Å²) in [5.41, 5.74) is 5.60. The molecule has 0 aliphatic carbocycles. The number of rotatable bonds is 22. The van der Waals surface area contributed by atoms with Gasteiger partial charge in [0.25, 0.3) is 0 Å². The van der Waals surface area contributed by atoms with E-state index >= 15 is 0 Å². The predicted octanol–water partition coefficient (Wildman–Crippen LogP) is 7.95. The Morgan fingerprint density at radius 1 is 0.354 bits per heavy atom. The van der Waals surface area contributed by atoms with Crippen LogP contribution >= 0.6 is 0 Å². The second kappa shape index (κ2) is 24.4. The molecule has 0 spiro atoms. The molecule has 2 N–H and O–H groups in total. The Hall–Kier alpha value is -5.12. The van der Waals surface area contributed by atoms with Crippen LogP contribution in [0.2, 0.25) is 0 Å². The average molecular weight is 883 g/mol. The molecule has 10 atom stereocenters. The van der Waals surface area contributed by atoms with Crippen molar-refractivity contribution in [2.45, 2.75) is 101 Å². The molecule has 2 aliphatic rings. The van der Waals surface area contributed by atoms with Crippen molar-refractivity contribution in [2.75, 3.05) is 13.2 Å². The van der Waals surface area contributed by atoms with Gasteiger partial charge in [-0.1, -0.05) is 182 Å². The molecule has 6 aromatic carbocycles. The van der Waals surface area contributed by atoms with Crippen LogP contribution in [0.15, 0.2) is 182 Å². The molecule has 8 rings (SSSR count). The first-order valence-electron chi connectivity index (χ1n) is 22.3. The van der Waals surface area contributed by atoms with E-state index in [9.17, 15) is 10.2 Å². The summed E-state index contributed by atoms with van der Waals surface area (Å²) in [7, 11) is 0. The molecule has 0 saturated carbocycles. The van der Waals surface area contributed by atoms with Gasteiger partial charge in [0.15, 0.2) is 12.6 Å². The zero-order valence-corrected chi connectivity index (χ0v) is 36.3. The van der Waals surface area contributed by atoms with E-state index in [1.165, 1.54) is 0 Å². The van der Waals surface area contributed by atoms with Crippen LogP contribution in [0, 0.1) is 0 Å². The Labute approximate surface area is 381 Å². The fourth-order valence-corrected chi connectivity index (χ4v) is 8.12. The molecule has 2 fully saturated rings. The van der Waals surface area contributed by atoms with Crippen LogP contribution in [-0.2, 0) is 82.3 Å². The average Bonchev–Trinajstić information content (AvgIpc) is 3.36. The zero-order chi connectivity index (χ0) is 44.5. The highest BCUT2D eigenvalue weighted by atomic mass is 16.7. The maximum Gasteiger partial charge on any atom is 0.187 e. The first-order chi connectivity index (χ1) is 32.1. The van der Waals surface area contributed by atoms with Gasteiger partial charge in [0.05, 0.1) is 52.9 Å². The number of aliphatic hydroxyl groups excluding tert-OH is 2. The first-order valence-corrected chi connectivity index (χ1v) is 22.3. The SMILES string of the molecule is OC[C@H]1O[C@@H](O[C@H]2[C@H](OCc3ccccc3)[C@@H](OCc3ccccc3)[C@@H](O)O[C@@H]2COCc2ccccc2)[C@H](OCc2ccccc2)[C@@H](OCc2ccccc2)[C@@H]1OCc1ccccc1. The van der Waals surface area contributed by atoms with Crippen LogP contribution in [0.1, 0.15) is 33.4 Å². The molecule has 2 aliphatic heterocycles. The van der Waals surface area contributed by atoms with Crippen molar-refractivity contribution in [3.8, 4) is 0 Å². The van der Waals surface area contributed by atoms with E-state index in [4.69, 9.17) is 42.6 Å². The Kier molecular flexibility index (Phi) is 17.4. The molecule has 2 heterocycles. The third-order valence-electron chi connectivity index (χ3n) is 11.5. The minimum atomic E-state index is -1.41. The van der Waals surface area contributed by atoms with Crippen molar-refractivity contribution >= 4 is 0 Å². The lowest BCUT2D eigenvalue weighted by Crippen LogP contribution is -2.66. The molecule has 0 unspecified atom stereocenters. The van der Waals surface area contributed by atoms with Crippen LogP contribution in [0.25, 0.3) is 0 Å². The summed E-state index contributed by atoms with van der Waals surface area (Å²) in [4.78, 5) is 0. The number of hydrogen-bond donors (Lipinski definition) is 2. The highest BCUT2D eigenvalue weighted by molar-refractivity contribution is 5.18. The number of benzene rings is 6. The van der Waals surface area contributed by atoms with Crippen molar-refractivity contribution in [1.29, 1.82) is 0 Å². The summed E-state index contributed by atoms with van der Waals surface area (Å²) < 4.78 is 60.4. The Bertz CT molecular complexity index is 2210. The van der Waals surface area contributed by atoms with Gasteiger partial charge in [0.1, 0.15) is 48.8 Å². The van der Waals surface area contributed by atoms with Gasteiger partial charge in [-0.2, -0.15) is 0 Å². The molecular weight excluding hydrogens is 825 g/mol. The molecule has 2 saturated heterocycles. The molecule has 11 nitrogen and oxygen atoms in total. The summed E-state index contributed by atoms with van der Waals surface area (Å²) in [6.07, 6.45) is -9.79. The summed E-state index contributed by atoms with van der Waals surface area (Å²) in [5.74, 6) is 0. The van der Waals surface area contributed by atoms with Crippen LogP contribution in [0.3, 0.4) is 0 Å². The van der Waals surface area contributed by atoms with E-state index in [-0.39, 0.29) is 46.2 Å². The Morgan fingerprint density at radius 2 is 0.692 bits per heavy atom. The van der Waals surface area contributed by atoms with Gasteiger partial charge in [0, 0.05) is 0 Å². The van der Waals surface area contributed by atoms with Gasteiger partial charge in [-0.15, -0.1) is 0 Å². The molecular formula is C54H58O11. The maximum atomic E-state index is 11.8. The predicted molar refractivity (Wildman–Crippen MR) is 243 cm³/mol. The number of ether oxygens (including phenoxy) is 9. The minimum absolute atomic E-state index is 0.0235. The van der Waals surface area contributed by atoms with Crippen LogP contribution in [-0.4, -0.2) is 84.8 Å². The Morgan fingerprint density at radius 3 is 1.09 bits per heavy atom. The highest BCUT2D eigenvalue weighted by Crippen LogP contribution is 2.36. The van der Waals surface area contributed by atoms with Gasteiger partial charge in [-0.25, -0.2) is 0 Å². The third-order valence-corrected chi connectivity index (χ3v) is 11.5. The zero-order valence-electron chi connectivity index (χ0n) is 36.3. The summed E-state index contributed by atoms with van der Waals surface area (Å²) in [6.45, 7) is 0.902. The fraction of sp³-hybridized carbons (Fsp3) is 0.333. The maximum absolute atomic E-state index is 11.8. The van der Waals surface area contributed by atoms with Crippen molar-refractivity contribution < 1.29 is 52.8 Å². The van der Waals surface area contributed by atoms with Gasteiger partial charge in [0.2, 0.25) is 0 Å². The molecule has 65 heavy (non-hydrogen) atoms. The topological polar surface area (TPSA) is 124 Å². The lowest BCUT2D eigenvalue weighted by Gasteiger charge is -2.49. The standard InChI is InChI=1S/C54H58O11/c55-31-45-47(58-33-40-21-9-2-10-22-40)49(59-34-41-23-11-3-12-24-41)52(62-37-44-29-17-6-18-30-44)54(64-45)65-48-46(38-57-32-39-19-7-1-8-20-39)63-53(56)51(61-36-43-27-15-5-16-28-43)50(48)60-35-42-25-13-4-14-26-42/h1-30,45-56H,31-38H2/t45-,46-,47-,48-,49+,50+,51-,52-,53+,54+/m1/s1. The number of hydrogen-bond acceptors (Lipinski definition) is 11. The molecule has 6 aromatic rings. The van der Waals surface area contributed by atoms with E-state index in [2.05, 4.69) is 0 Å². The van der Waals surface area contributed by atoms with Gasteiger partial charge >= 0.3 is 0 Å². The second-order valence-electron chi connectivity index (χ2n) is 16.2.